The lowest BCUT2D eigenvalue weighted by Crippen LogP contribution is -2.27. The summed E-state index contributed by atoms with van der Waals surface area (Å²) in [7, 11) is 2.82. The van der Waals surface area contributed by atoms with E-state index >= 15 is 0 Å². The fraction of sp³-hybridized carbons (Fsp3) is 0.105. The fourth-order valence-corrected chi connectivity index (χ4v) is 3.92. The van der Waals surface area contributed by atoms with E-state index in [0.29, 0.717) is 16.2 Å². The van der Waals surface area contributed by atoms with Crippen LogP contribution in [0.3, 0.4) is 0 Å². The summed E-state index contributed by atoms with van der Waals surface area (Å²) >= 11 is 6.40. The Morgan fingerprint density at radius 1 is 1.18 bits per heavy atom. The van der Waals surface area contributed by atoms with Crippen molar-refractivity contribution in [1.82, 2.24) is 0 Å². The van der Waals surface area contributed by atoms with Crippen molar-refractivity contribution in [2.75, 3.05) is 19.1 Å². The second-order valence-electron chi connectivity index (χ2n) is 5.65. The monoisotopic (exact) mass is 417 g/mol. The van der Waals surface area contributed by atoms with Crippen molar-refractivity contribution < 1.29 is 29.3 Å². The number of ether oxygens (including phenoxy) is 2. The van der Waals surface area contributed by atoms with Gasteiger partial charge in [-0.15, -0.1) is 0 Å². The zero-order valence-corrected chi connectivity index (χ0v) is 16.5. The topological polar surface area (TPSA) is 96.3 Å². The Hall–Kier alpha value is -3.04. The smallest absolute Gasteiger partial charge is 0.335 e. The number of carboxylic acid groups (broad SMARTS) is 1. The number of phenols is 1. The minimum absolute atomic E-state index is 0.0588. The molecule has 1 aliphatic rings. The molecular weight excluding hydrogens is 402 g/mol. The van der Waals surface area contributed by atoms with Crippen LogP contribution in [0.2, 0.25) is 0 Å². The molecule has 2 N–H and O–H groups in total. The van der Waals surface area contributed by atoms with Crippen molar-refractivity contribution in [3.8, 4) is 17.2 Å². The van der Waals surface area contributed by atoms with Gasteiger partial charge < -0.3 is 19.7 Å². The van der Waals surface area contributed by atoms with Crippen LogP contribution < -0.4 is 14.4 Å². The quantitative estimate of drug-likeness (QED) is 0.564. The number of anilines is 1. The number of carboxylic acids is 1. The van der Waals surface area contributed by atoms with Crippen LogP contribution in [-0.2, 0) is 4.79 Å². The van der Waals surface area contributed by atoms with Gasteiger partial charge in [0.15, 0.2) is 15.8 Å². The number of benzene rings is 2. The molecule has 28 heavy (non-hydrogen) atoms. The predicted molar refractivity (Wildman–Crippen MR) is 110 cm³/mol. The molecule has 1 saturated heterocycles. The standard InChI is InChI=1S/C19H15NO6S2/c1-25-13-6-10(7-14(26-2)16(13)21)8-15-17(22)20(19(27)28-15)12-5-3-4-11(9-12)18(23)24/h3-9,21H,1-2H3,(H,23,24)/b15-8-. The summed E-state index contributed by atoms with van der Waals surface area (Å²) in [4.78, 5) is 25.7. The largest absolute Gasteiger partial charge is 0.502 e. The minimum atomic E-state index is -1.09. The number of aromatic hydroxyl groups is 1. The predicted octanol–water partition coefficient (Wildman–Crippen LogP) is 3.51. The first-order chi connectivity index (χ1) is 13.3. The Balaban J connectivity index is 1.98. The third-order valence-corrected chi connectivity index (χ3v) is 5.25. The second-order valence-corrected chi connectivity index (χ2v) is 7.32. The van der Waals surface area contributed by atoms with E-state index in [1.807, 2.05) is 0 Å². The molecule has 1 aliphatic heterocycles. The molecule has 0 spiro atoms. The molecule has 0 aliphatic carbocycles. The normalized spacial score (nSPS) is 15.2. The molecule has 2 aromatic carbocycles. The molecule has 0 unspecified atom stereocenters. The maximum atomic E-state index is 12.9. The molecule has 3 rings (SSSR count). The molecule has 9 heteroatoms. The van der Waals surface area contributed by atoms with E-state index in [1.165, 1.54) is 31.3 Å². The van der Waals surface area contributed by atoms with E-state index in [0.717, 1.165) is 11.8 Å². The molecule has 1 heterocycles. The van der Waals surface area contributed by atoms with Gasteiger partial charge in [-0.3, -0.25) is 9.69 Å². The number of methoxy groups -OCH3 is 2. The highest BCUT2D eigenvalue weighted by Gasteiger charge is 2.33. The van der Waals surface area contributed by atoms with Crippen molar-refractivity contribution in [2.45, 2.75) is 0 Å². The van der Waals surface area contributed by atoms with E-state index < -0.39 is 5.97 Å². The summed E-state index contributed by atoms with van der Waals surface area (Å²) in [5.74, 6) is -1.19. The van der Waals surface area contributed by atoms with Crippen LogP contribution in [0.4, 0.5) is 5.69 Å². The van der Waals surface area contributed by atoms with Crippen molar-refractivity contribution in [2.24, 2.45) is 0 Å². The highest BCUT2D eigenvalue weighted by atomic mass is 32.2. The van der Waals surface area contributed by atoms with Gasteiger partial charge in [0, 0.05) is 0 Å². The van der Waals surface area contributed by atoms with Crippen molar-refractivity contribution in [1.29, 1.82) is 0 Å². The summed E-state index contributed by atoms with van der Waals surface area (Å²) < 4.78 is 10.5. The lowest BCUT2D eigenvalue weighted by molar-refractivity contribution is -0.113. The highest BCUT2D eigenvalue weighted by molar-refractivity contribution is 8.27. The Morgan fingerprint density at radius 2 is 1.82 bits per heavy atom. The zero-order valence-electron chi connectivity index (χ0n) is 14.8. The van der Waals surface area contributed by atoms with Crippen LogP contribution in [0.15, 0.2) is 41.3 Å². The molecule has 0 radical (unpaired) electrons. The number of carbonyl (C=O) groups excluding carboxylic acids is 1. The number of hydrogen-bond acceptors (Lipinski definition) is 7. The maximum Gasteiger partial charge on any atom is 0.335 e. The summed E-state index contributed by atoms with van der Waals surface area (Å²) in [6.45, 7) is 0. The summed E-state index contributed by atoms with van der Waals surface area (Å²) in [5, 5.41) is 19.2. The number of nitrogens with zero attached hydrogens (tertiary/aromatic N) is 1. The fourth-order valence-electron chi connectivity index (χ4n) is 2.62. The van der Waals surface area contributed by atoms with Crippen LogP contribution in [0.1, 0.15) is 15.9 Å². The maximum absolute atomic E-state index is 12.9. The number of rotatable bonds is 5. The van der Waals surface area contributed by atoms with Gasteiger partial charge in [-0.05, 0) is 42.0 Å². The Labute approximate surface area is 170 Å². The lowest BCUT2D eigenvalue weighted by atomic mass is 10.1. The van der Waals surface area contributed by atoms with Crippen LogP contribution in [0.5, 0.6) is 17.2 Å². The average Bonchev–Trinajstić information content (AvgIpc) is 2.96. The molecule has 144 valence electrons. The SMILES string of the molecule is COc1cc(/C=C2\SC(=S)N(c3cccc(C(=O)O)c3)C2=O)cc(OC)c1O. The molecule has 0 atom stereocenters. The van der Waals surface area contributed by atoms with E-state index in [9.17, 15) is 14.7 Å². The van der Waals surface area contributed by atoms with Crippen LogP contribution in [0, 0.1) is 0 Å². The molecule has 2 aromatic rings. The van der Waals surface area contributed by atoms with Gasteiger partial charge in [0.2, 0.25) is 5.75 Å². The number of thiocarbonyl (C=S) groups is 1. The molecule has 0 bridgehead atoms. The van der Waals surface area contributed by atoms with Gasteiger partial charge >= 0.3 is 5.97 Å². The number of carbonyl (C=O) groups is 2. The van der Waals surface area contributed by atoms with Crippen LogP contribution >= 0.6 is 24.0 Å². The first-order valence-corrected chi connectivity index (χ1v) is 9.14. The van der Waals surface area contributed by atoms with Gasteiger partial charge in [0.25, 0.3) is 5.91 Å². The molecule has 1 amide bonds. The van der Waals surface area contributed by atoms with Gasteiger partial charge in [-0.25, -0.2) is 4.79 Å². The number of thioether (sulfide) groups is 1. The van der Waals surface area contributed by atoms with E-state index in [1.54, 1.807) is 30.3 Å². The average molecular weight is 417 g/mol. The first kappa shape index (κ1) is 19.7. The molecule has 7 nitrogen and oxygen atoms in total. The van der Waals surface area contributed by atoms with E-state index in [2.05, 4.69) is 0 Å². The zero-order chi connectivity index (χ0) is 20.4. The van der Waals surface area contributed by atoms with E-state index in [4.69, 9.17) is 26.8 Å². The third-order valence-electron chi connectivity index (χ3n) is 3.94. The molecule has 0 saturated carbocycles. The van der Waals surface area contributed by atoms with E-state index in [-0.39, 0.29) is 33.0 Å². The van der Waals surface area contributed by atoms with Crippen LogP contribution in [0.25, 0.3) is 6.08 Å². The lowest BCUT2D eigenvalue weighted by Gasteiger charge is -2.14. The number of hydrogen-bond donors (Lipinski definition) is 2. The Bertz CT molecular complexity index is 992. The summed E-state index contributed by atoms with van der Waals surface area (Å²) in [6.07, 6.45) is 1.60. The third kappa shape index (κ3) is 3.67. The van der Waals surface area contributed by atoms with Crippen molar-refractivity contribution in [3.63, 3.8) is 0 Å². The highest BCUT2D eigenvalue weighted by Crippen LogP contribution is 2.40. The van der Waals surface area contributed by atoms with Crippen molar-refractivity contribution >= 4 is 51.9 Å². The second kappa shape index (κ2) is 7.91. The van der Waals surface area contributed by atoms with Gasteiger partial charge in [-0.2, -0.15) is 0 Å². The number of amides is 1. The Morgan fingerprint density at radius 3 is 2.39 bits per heavy atom. The van der Waals surface area contributed by atoms with Gasteiger partial charge in [0.05, 0.1) is 30.4 Å². The Kier molecular flexibility index (Phi) is 5.57. The molecule has 0 aromatic heterocycles. The number of aromatic carboxylic acids is 1. The molecular formula is C19H15NO6S2. The van der Waals surface area contributed by atoms with Crippen LogP contribution in [-0.4, -0.2) is 40.6 Å². The minimum Gasteiger partial charge on any atom is -0.502 e. The van der Waals surface area contributed by atoms with Gasteiger partial charge in [-0.1, -0.05) is 30.0 Å². The van der Waals surface area contributed by atoms with Gasteiger partial charge in [0.1, 0.15) is 0 Å². The first-order valence-electron chi connectivity index (χ1n) is 7.92. The summed E-state index contributed by atoms with van der Waals surface area (Å²) in [5.41, 5.74) is 1.02. The molecule has 1 fully saturated rings. The number of phenolic OH excluding ortho intramolecular Hbond substituents is 1. The summed E-state index contributed by atoms with van der Waals surface area (Å²) in [6, 6.07) is 9.13. The van der Waals surface area contributed by atoms with Crippen molar-refractivity contribution in [3.05, 3.63) is 52.4 Å².